The SMILES string of the molecule is O=C(NNC(=S)N=Cc1c(O)n(-c2ccc(C34CC5CC(CC(C5)C3)C4)cc2)c(=O)[nH]c1=O)c1ccccc1. The molecule has 4 aliphatic carbocycles. The van der Waals surface area contributed by atoms with E-state index in [0.717, 1.165) is 28.5 Å². The minimum absolute atomic E-state index is 0.143. The van der Waals surface area contributed by atoms with Crippen molar-refractivity contribution in [2.75, 3.05) is 0 Å². The lowest BCUT2D eigenvalue weighted by Gasteiger charge is -2.57. The summed E-state index contributed by atoms with van der Waals surface area (Å²) >= 11 is 5.10. The highest BCUT2D eigenvalue weighted by Gasteiger charge is 2.51. The molecule has 0 unspecified atom stereocenters. The van der Waals surface area contributed by atoms with Crippen molar-refractivity contribution < 1.29 is 9.90 Å². The van der Waals surface area contributed by atoms with Crippen LogP contribution in [0.3, 0.4) is 0 Å². The van der Waals surface area contributed by atoms with Crippen LogP contribution in [-0.2, 0) is 5.41 Å². The largest absolute Gasteiger partial charge is 0.493 e. The van der Waals surface area contributed by atoms with Gasteiger partial charge >= 0.3 is 5.69 Å². The molecular formula is C29H29N5O4S. The molecular weight excluding hydrogens is 514 g/mol. The van der Waals surface area contributed by atoms with Crippen LogP contribution in [0.5, 0.6) is 5.88 Å². The summed E-state index contributed by atoms with van der Waals surface area (Å²) in [5.74, 6) is 1.48. The number of hydrazine groups is 1. The number of aromatic hydroxyl groups is 1. The molecule has 4 N–H and O–H groups in total. The second-order valence-corrected chi connectivity index (χ2v) is 11.5. The monoisotopic (exact) mass is 543 g/mol. The Balaban J connectivity index is 1.21. The lowest BCUT2D eigenvalue weighted by atomic mass is 9.48. The van der Waals surface area contributed by atoms with E-state index in [9.17, 15) is 19.5 Å². The quantitative estimate of drug-likeness (QED) is 0.227. The van der Waals surface area contributed by atoms with Crippen LogP contribution in [0.25, 0.3) is 5.69 Å². The number of benzene rings is 2. The van der Waals surface area contributed by atoms with Gasteiger partial charge in [0.2, 0.25) is 11.0 Å². The Morgan fingerprint density at radius 3 is 2.21 bits per heavy atom. The van der Waals surface area contributed by atoms with Crippen molar-refractivity contribution in [2.24, 2.45) is 22.7 Å². The molecule has 0 saturated heterocycles. The van der Waals surface area contributed by atoms with Crippen molar-refractivity contribution in [1.82, 2.24) is 20.4 Å². The maximum absolute atomic E-state index is 12.7. The van der Waals surface area contributed by atoms with Crippen LogP contribution in [0.4, 0.5) is 0 Å². The van der Waals surface area contributed by atoms with Crippen LogP contribution in [-0.4, -0.2) is 31.9 Å². The fourth-order valence-corrected chi connectivity index (χ4v) is 7.35. The van der Waals surface area contributed by atoms with Gasteiger partial charge in [-0.3, -0.25) is 25.4 Å². The lowest BCUT2D eigenvalue weighted by Crippen LogP contribution is -2.48. The molecule has 4 aliphatic rings. The van der Waals surface area contributed by atoms with E-state index >= 15 is 0 Å². The van der Waals surface area contributed by atoms with Crippen LogP contribution in [0.1, 0.15) is 60.0 Å². The molecule has 0 atom stereocenters. The van der Waals surface area contributed by atoms with E-state index in [0.29, 0.717) is 11.3 Å². The van der Waals surface area contributed by atoms with Gasteiger partial charge in [0.05, 0.1) is 5.69 Å². The summed E-state index contributed by atoms with van der Waals surface area (Å²) in [5.41, 5.74) is 5.46. The molecule has 200 valence electrons. The smallest absolute Gasteiger partial charge is 0.335 e. The summed E-state index contributed by atoms with van der Waals surface area (Å²) in [6, 6.07) is 16.3. The molecule has 4 fully saturated rings. The van der Waals surface area contributed by atoms with E-state index < -0.39 is 23.0 Å². The molecule has 0 aliphatic heterocycles. The van der Waals surface area contributed by atoms with Gasteiger partial charge in [0.25, 0.3) is 11.5 Å². The van der Waals surface area contributed by atoms with E-state index in [1.165, 1.54) is 44.1 Å². The van der Waals surface area contributed by atoms with Gasteiger partial charge in [-0.25, -0.2) is 14.4 Å². The van der Waals surface area contributed by atoms with Crippen molar-refractivity contribution >= 4 is 29.5 Å². The highest BCUT2D eigenvalue weighted by atomic mass is 32.1. The Labute approximate surface area is 230 Å². The molecule has 4 saturated carbocycles. The number of aliphatic imine (C=N–C) groups is 1. The van der Waals surface area contributed by atoms with Crippen LogP contribution < -0.4 is 22.1 Å². The molecule has 0 radical (unpaired) electrons. The number of H-pyrrole nitrogens is 1. The first-order chi connectivity index (χ1) is 18.8. The normalized spacial score (nSPS) is 25.1. The number of carbonyl (C=O) groups excluding carboxylic acids is 1. The first kappa shape index (κ1) is 25.2. The molecule has 10 heteroatoms. The topological polar surface area (TPSA) is 129 Å². The van der Waals surface area contributed by atoms with Gasteiger partial charge in [0, 0.05) is 11.8 Å². The number of aromatic nitrogens is 2. The minimum Gasteiger partial charge on any atom is -0.493 e. The third-order valence-electron chi connectivity index (χ3n) is 8.53. The number of nitrogens with one attached hydrogen (secondary N) is 3. The zero-order valence-electron chi connectivity index (χ0n) is 21.2. The van der Waals surface area contributed by atoms with Gasteiger partial charge in [-0.1, -0.05) is 30.3 Å². The molecule has 1 amide bonds. The Morgan fingerprint density at radius 2 is 1.59 bits per heavy atom. The Hall–Kier alpha value is -4.05. The number of hydrogen-bond donors (Lipinski definition) is 4. The van der Waals surface area contributed by atoms with Crippen molar-refractivity contribution in [3.63, 3.8) is 0 Å². The molecule has 1 aromatic heterocycles. The highest BCUT2D eigenvalue weighted by molar-refractivity contribution is 7.80. The molecule has 7 rings (SSSR count). The van der Waals surface area contributed by atoms with Gasteiger partial charge in [-0.2, -0.15) is 0 Å². The van der Waals surface area contributed by atoms with Crippen LogP contribution in [0, 0.1) is 17.8 Å². The Morgan fingerprint density at radius 1 is 0.974 bits per heavy atom. The van der Waals surface area contributed by atoms with E-state index in [1.54, 1.807) is 30.3 Å². The number of thiocarbonyl (C=S) groups is 1. The average Bonchev–Trinajstić information content (AvgIpc) is 2.91. The number of aromatic amines is 1. The summed E-state index contributed by atoms with van der Waals surface area (Å²) in [4.78, 5) is 43.5. The zero-order valence-corrected chi connectivity index (χ0v) is 22.0. The first-order valence-corrected chi connectivity index (χ1v) is 13.6. The Kier molecular flexibility index (Phi) is 6.42. The predicted molar refractivity (Wildman–Crippen MR) is 151 cm³/mol. The van der Waals surface area contributed by atoms with Crippen molar-refractivity contribution in [3.05, 3.63) is 92.1 Å². The fourth-order valence-electron chi connectivity index (χ4n) is 7.25. The zero-order chi connectivity index (χ0) is 27.1. The summed E-state index contributed by atoms with van der Waals surface area (Å²) in [7, 11) is 0. The molecule has 9 nitrogen and oxygen atoms in total. The number of amides is 1. The summed E-state index contributed by atoms with van der Waals surface area (Å²) in [6.07, 6.45) is 8.81. The Bertz CT molecular complexity index is 1540. The maximum Gasteiger partial charge on any atom is 0.335 e. The number of nitrogens with zero attached hydrogens (tertiary/aromatic N) is 2. The predicted octanol–water partition coefficient (Wildman–Crippen LogP) is 3.34. The summed E-state index contributed by atoms with van der Waals surface area (Å²) in [6.45, 7) is 0. The van der Waals surface area contributed by atoms with Crippen LogP contribution >= 0.6 is 12.2 Å². The second kappa shape index (κ2) is 9.92. The standard InChI is InChI=1S/C29H29N5O4S/c35-24(20-4-2-1-3-5-20)32-33-27(39)30-16-23-25(36)31-28(38)34(26(23)37)22-8-6-21(7-9-22)29-13-17-10-18(14-29)12-19(11-17)15-29/h1-9,16-19,37H,10-15H2,(H,32,35)(H,33,39)(H,31,36,38). The van der Waals surface area contributed by atoms with E-state index in [2.05, 4.69) is 33.0 Å². The highest BCUT2D eigenvalue weighted by Crippen LogP contribution is 2.60. The molecule has 3 aromatic rings. The maximum atomic E-state index is 12.7. The van der Waals surface area contributed by atoms with Crippen molar-refractivity contribution in [3.8, 4) is 11.6 Å². The molecule has 1 heterocycles. The van der Waals surface area contributed by atoms with Crippen LogP contribution in [0.2, 0.25) is 0 Å². The molecule has 0 spiro atoms. The summed E-state index contributed by atoms with van der Waals surface area (Å²) < 4.78 is 1.04. The second-order valence-electron chi connectivity index (χ2n) is 11.1. The van der Waals surface area contributed by atoms with E-state index in [-0.39, 0.29) is 16.1 Å². The number of carbonyl (C=O) groups is 1. The van der Waals surface area contributed by atoms with Crippen molar-refractivity contribution in [2.45, 2.75) is 43.9 Å². The third kappa shape index (κ3) is 4.80. The van der Waals surface area contributed by atoms with E-state index in [4.69, 9.17) is 12.2 Å². The molecule has 2 aromatic carbocycles. The third-order valence-corrected chi connectivity index (χ3v) is 8.73. The van der Waals surface area contributed by atoms with Gasteiger partial charge in [0.1, 0.15) is 5.56 Å². The van der Waals surface area contributed by atoms with Gasteiger partial charge < -0.3 is 5.11 Å². The van der Waals surface area contributed by atoms with Gasteiger partial charge in [0.15, 0.2) is 0 Å². The number of rotatable bonds is 4. The number of hydrogen-bond acceptors (Lipinski definition) is 5. The van der Waals surface area contributed by atoms with Crippen molar-refractivity contribution in [1.29, 1.82) is 0 Å². The summed E-state index contributed by atoms with van der Waals surface area (Å²) in [5, 5.41) is 10.8. The molecule has 39 heavy (non-hydrogen) atoms. The van der Waals surface area contributed by atoms with Crippen LogP contribution in [0.15, 0.2) is 69.2 Å². The fraction of sp³-hybridized carbons (Fsp3) is 0.345. The average molecular weight is 544 g/mol. The van der Waals surface area contributed by atoms with Gasteiger partial charge in [-0.15, -0.1) is 0 Å². The van der Waals surface area contributed by atoms with Gasteiger partial charge in [-0.05, 0) is 104 Å². The lowest BCUT2D eigenvalue weighted by molar-refractivity contribution is -0.00518. The first-order valence-electron chi connectivity index (χ1n) is 13.2. The van der Waals surface area contributed by atoms with E-state index in [1.807, 2.05) is 12.1 Å². The molecule has 4 bridgehead atoms. The minimum atomic E-state index is -0.807.